The minimum atomic E-state index is 0.115. The van der Waals surface area contributed by atoms with Crippen molar-refractivity contribution in [3.63, 3.8) is 0 Å². The Labute approximate surface area is 124 Å². The number of imidazole rings is 1. The molecule has 1 atom stereocenters. The van der Waals surface area contributed by atoms with Crippen LogP contribution in [-0.4, -0.2) is 28.5 Å². The fourth-order valence-corrected chi connectivity index (χ4v) is 2.72. The summed E-state index contributed by atoms with van der Waals surface area (Å²) in [6.45, 7) is 2.24. The topological polar surface area (TPSA) is 55.6 Å². The Hall–Kier alpha value is -1.88. The lowest BCUT2D eigenvalue weighted by atomic mass is 9.97. The molecule has 1 N–H and O–H groups in total. The van der Waals surface area contributed by atoms with Gasteiger partial charge in [-0.25, -0.2) is 4.98 Å². The van der Waals surface area contributed by atoms with Crippen molar-refractivity contribution < 1.29 is 9.53 Å². The zero-order valence-corrected chi connectivity index (χ0v) is 12.1. The maximum atomic E-state index is 11.9. The maximum absolute atomic E-state index is 11.9. The Kier molecular flexibility index (Phi) is 4.50. The lowest BCUT2D eigenvalue weighted by molar-refractivity contribution is -0.121. The molecule has 1 unspecified atom stereocenters. The van der Waals surface area contributed by atoms with Gasteiger partial charge in [0.05, 0.1) is 0 Å². The van der Waals surface area contributed by atoms with Crippen molar-refractivity contribution in [3.05, 3.63) is 36.3 Å². The summed E-state index contributed by atoms with van der Waals surface area (Å²) in [5.41, 5.74) is 1.98. The number of pyridine rings is 1. The number of amides is 1. The molecule has 3 heterocycles. The molecule has 0 saturated carbocycles. The highest BCUT2D eigenvalue weighted by Gasteiger charge is 2.15. The number of carbonyl (C=O) groups excluding carboxylic acids is 1. The summed E-state index contributed by atoms with van der Waals surface area (Å²) < 4.78 is 7.39. The summed E-state index contributed by atoms with van der Waals surface area (Å²) in [6, 6.07) is 4.00. The van der Waals surface area contributed by atoms with E-state index >= 15 is 0 Å². The van der Waals surface area contributed by atoms with Crippen molar-refractivity contribution in [2.45, 2.75) is 32.2 Å². The van der Waals surface area contributed by atoms with E-state index in [1.807, 2.05) is 28.9 Å². The summed E-state index contributed by atoms with van der Waals surface area (Å²) in [5, 5.41) is 2.98. The van der Waals surface area contributed by atoms with Gasteiger partial charge >= 0.3 is 0 Å². The molecule has 112 valence electrons. The minimum Gasteiger partial charge on any atom is -0.381 e. The standard InChI is InChI=1S/C16H21N3O2/c20-16(4-3-13-2-1-9-21-12-13)18-11-14-5-7-19-8-6-17-15(19)10-14/h5-8,10,13H,1-4,9,11-12H2,(H,18,20). The first-order valence-corrected chi connectivity index (χ1v) is 7.57. The molecule has 21 heavy (non-hydrogen) atoms. The summed E-state index contributed by atoms with van der Waals surface area (Å²) >= 11 is 0. The van der Waals surface area contributed by atoms with E-state index < -0.39 is 0 Å². The van der Waals surface area contributed by atoms with Crippen LogP contribution >= 0.6 is 0 Å². The maximum Gasteiger partial charge on any atom is 0.220 e. The number of nitrogens with one attached hydrogen (secondary N) is 1. The van der Waals surface area contributed by atoms with E-state index in [-0.39, 0.29) is 5.91 Å². The highest BCUT2D eigenvalue weighted by molar-refractivity contribution is 5.75. The van der Waals surface area contributed by atoms with E-state index in [1.54, 1.807) is 6.20 Å². The van der Waals surface area contributed by atoms with E-state index in [1.165, 1.54) is 6.42 Å². The molecular formula is C16H21N3O2. The Balaban J connectivity index is 1.44. The van der Waals surface area contributed by atoms with Crippen LogP contribution in [-0.2, 0) is 16.1 Å². The van der Waals surface area contributed by atoms with Gasteiger partial charge in [-0.05, 0) is 42.9 Å². The third kappa shape index (κ3) is 3.82. The predicted octanol–water partition coefficient (Wildman–Crippen LogP) is 2.16. The largest absolute Gasteiger partial charge is 0.381 e. The molecule has 0 radical (unpaired) electrons. The summed E-state index contributed by atoms with van der Waals surface area (Å²) in [4.78, 5) is 16.1. The first-order valence-electron chi connectivity index (χ1n) is 7.57. The number of carbonyl (C=O) groups is 1. The van der Waals surface area contributed by atoms with E-state index in [4.69, 9.17) is 4.74 Å². The molecule has 1 amide bonds. The molecule has 2 aromatic heterocycles. The molecule has 5 nitrogen and oxygen atoms in total. The summed E-state index contributed by atoms with van der Waals surface area (Å²) in [6.07, 6.45) is 9.45. The number of rotatable bonds is 5. The average molecular weight is 287 g/mol. The van der Waals surface area contributed by atoms with Crippen LogP contribution in [0.4, 0.5) is 0 Å². The van der Waals surface area contributed by atoms with Gasteiger partial charge in [-0.15, -0.1) is 0 Å². The number of nitrogens with zero attached hydrogens (tertiary/aromatic N) is 2. The van der Waals surface area contributed by atoms with E-state index in [0.717, 1.165) is 37.3 Å². The molecule has 1 aliphatic heterocycles. The second-order valence-electron chi connectivity index (χ2n) is 5.63. The van der Waals surface area contributed by atoms with E-state index in [0.29, 0.717) is 18.9 Å². The molecule has 0 aliphatic carbocycles. The quantitative estimate of drug-likeness (QED) is 0.917. The predicted molar refractivity (Wildman–Crippen MR) is 79.8 cm³/mol. The third-order valence-corrected chi connectivity index (χ3v) is 3.99. The van der Waals surface area contributed by atoms with Gasteiger partial charge in [-0.1, -0.05) is 0 Å². The van der Waals surface area contributed by atoms with E-state index in [9.17, 15) is 4.79 Å². The molecule has 5 heteroatoms. The summed E-state index contributed by atoms with van der Waals surface area (Å²) in [7, 11) is 0. The third-order valence-electron chi connectivity index (χ3n) is 3.99. The Morgan fingerprint density at radius 1 is 1.48 bits per heavy atom. The molecular weight excluding hydrogens is 266 g/mol. The van der Waals surface area contributed by atoms with Gasteiger partial charge < -0.3 is 14.5 Å². The lowest BCUT2D eigenvalue weighted by Gasteiger charge is -2.21. The molecule has 0 bridgehead atoms. The van der Waals surface area contributed by atoms with Gasteiger partial charge in [-0.3, -0.25) is 4.79 Å². The smallest absolute Gasteiger partial charge is 0.220 e. The molecule has 0 aromatic carbocycles. The monoisotopic (exact) mass is 287 g/mol. The first-order chi connectivity index (χ1) is 10.3. The van der Waals surface area contributed by atoms with E-state index in [2.05, 4.69) is 10.3 Å². The fraction of sp³-hybridized carbons (Fsp3) is 0.500. The van der Waals surface area contributed by atoms with Crippen LogP contribution < -0.4 is 5.32 Å². The zero-order valence-electron chi connectivity index (χ0n) is 12.1. The van der Waals surface area contributed by atoms with Crippen molar-refractivity contribution >= 4 is 11.6 Å². The summed E-state index contributed by atoms with van der Waals surface area (Å²) in [5.74, 6) is 0.662. The molecule has 0 spiro atoms. The van der Waals surface area contributed by atoms with Crippen LogP contribution in [0, 0.1) is 5.92 Å². The Morgan fingerprint density at radius 3 is 3.29 bits per heavy atom. The Morgan fingerprint density at radius 2 is 2.43 bits per heavy atom. The van der Waals surface area contributed by atoms with Crippen LogP contribution in [0.2, 0.25) is 0 Å². The van der Waals surface area contributed by atoms with Crippen molar-refractivity contribution in [3.8, 4) is 0 Å². The van der Waals surface area contributed by atoms with Gasteiger partial charge in [0.15, 0.2) is 0 Å². The second kappa shape index (κ2) is 6.72. The van der Waals surface area contributed by atoms with Gasteiger partial charge in [0.2, 0.25) is 5.91 Å². The number of fused-ring (bicyclic) bond motifs is 1. The first kappa shape index (κ1) is 14.1. The van der Waals surface area contributed by atoms with Crippen LogP contribution in [0.15, 0.2) is 30.7 Å². The van der Waals surface area contributed by atoms with Crippen molar-refractivity contribution in [2.24, 2.45) is 5.92 Å². The van der Waals surface area contributed by atoms with Crippen LogP contribution in [0.5, 0.6) is 0 Å². The van der Waals surface area contributed by atoms with Gasteiger partial charge in [0, 0.05) is 44.8 Å². The highest BCUT2D eigenvalue weighted by Crippen LogP contribution is 2.18. The lowest BCUT2D eigenvalue weighted by Crippen LogP contribution is -2.25. The van der Waals surface area contributed by atoms with Gasteiger partial charge in [0.25, 0.3) is 0 Å². The molecule has 1 fully saturated rings. The van der Waals surface area contributed by atoms with Crippen LogP contribution in [0.1, 0.15) is 31.2 Å². The average Bonchev–Trinajstić information content (AvgIpc) is 2.99. The van der Waals surface area contributed by atoms with Gasteiger partial charge in [-0.2, -0.15) is 0 Å². The van der Waals surface area contributed by atoms with Gasteiger partial charge in [0.1, 0.15) is 5.65 Å². The van der Waals surface area contributed by atoms with Crippen molar-refractivity contribution in [1.29, 1.82) is 0 Å². The molecule has 1 aliphatic rings. The minimum absolute atomic E-state index is 0.115. The van der Waals surface area contributed by atoms with Crippen LogP contribution in [0.25, 0.3) is 5.65 Å². The molecule has 1 saturated heterocycles. The number of hydrogen-bond acceptors (Lipinski definition) is 3. The zero-order chi connectivity index (χ0) is 14.5. The number of aromatic nitrogens is 2. The van der Waals surface area contributed by atoms with Crippen molar-refractivity contribution in [1.82, 2.24) is 14.7 Å². The fourth-order valence-electron chi connectivity index (χ4n) is 2.72. The SMILES string of the molecule is O=C(CCC1CCCOC1)NCc1ccn2ccnc2c1. The Bertz CT molecular complexity index is 602. The van der Waals surface area contributed by atoms with Crippen molar-refractivity contribution in [2.75, 3.05) is 13.2 Å². The van der Waals surface area contributed by atoms with Crippen LogP contribution in [0.3, 0.4) is 0 Å². The number of ether oxygens (including phenoxy) is 1. The molecule has 2 aromatic rings. The molecule has 3 rings (SSSR count). The normalized spacial score (nSPS) is 18.8. The number of hydrogen-bond donors (Lipinski definition) is 1. The highest BCUT2D eigenvalue weighted by atomic mass is 16.5. The second-order valence-corrected chi connectivity index (χ2v) is 5.63.